The minimum Gasteiger partial charge on any atom is -0.296 e. The second-order valence-electron chi connectivity index (χ2n) is 3.30. The minimum atomic E-state index is 0.425. The zero-order chi connectivity index (χ0) is 8.93. The Bertz CT molecular complexity index is 281. The third kappa shape index (κ3) is 2.28. The predicted octanol–water partition coefficient (Wildman–Crippen LogP) is 2.54. The van der Waals surface area contributed by atoms with Gasteiger partial charge in [-0.3, -0.25) is 4.99 Å². The van der Waals surface area contributed by atoms with Gasteiger partial charge in [-0.1, -0.05) is 48.6 Å². The molecule has 0 saturated carbocycles. The molecule has 2 aliphatic carbocycles. The van der Waals surface area contributed by atoms with Gasteiger partial charge < -0.3 is 0 Å². The maximum absolute atomic E-state index is 4.41. The molecule has 0 spiro atoms. The summed E-state index contributed by atoms with van der Waals surface area (Å²) in [4.78, 5) is 4.41. The first-order valence-electron chi connectivity index (χ1n) is 4.65. The van der Waals surface area contributed by atoms with Gasteiger partial charge in [-0.15, -0.1) is 0 Å². The molecule has 0 unspecified atom stereocenters. The van der Waals surface area contributed by atoms with Crippen molar-refractivity contribution in [2.24, 2.45) is 16.8 Å². The van der Waals surface area contributed by atoms with Crippen LogP contribution >= 0.6 is 0 Å². The van der Waals surface area contributed by atoms with Crippen molar-refractivity contribution in [2.45, 2.75) is 0 Å². The lowest BCUT2D eigenvalue weighted by Crippen LogP contribution is -1.97. The standard InChI is InChI=1S/C12H13N/c1-2-6-11(5-1)9-13-10-12-7-3-4-8-12/h1-9,11-12H,10H2. The summed E-state index contributed by atoms with van der Waals surface area (Å²) < 4.78 is 0. The average Bonchev–Trinajstić information content (AvgIpc) is 2.75. The van der Waals surface area contributed by atoms with Crippen LogP contribution < -0.4 is 0 Å². The lowest BCUT2D eigenvalue weighted by Gasteiger charge is -1.99. The highest BCUT2D eigenvalue weighted by Gasteiger charge is 2.02. The van der Waals surface area contributed by atoms with Gasteiger partial charge in [0.1, 0.15) is 0 Å². The summed E-state index contributed by atoms with van der Waals surface area (Å²) in [6.45, 7) is 0.880. The van der Waals surface area contributed by atoms with Crippen molar-refractivity contribution in [3.8, 4) is 0 Å². The Balaban J connectivity index is 1.78. The van der Waals surface area contributed by atoms with Crippen molar-refractivity contribution < 1.29 is 0 Å². The number of hydrogen-bond acceptors (Lipinski definition) is 1. The predicted molar refractivity (Wildman–Crippen MR) is 56.9 cm³/mol. The highest BCUT2D eigenvalue weighted by molar-refractivity contribution is 5.67. The molecule has 2 rings (SSSR count). The molecule has 0 fully saturated rings. The van der Waals surface area contributed by atoms with Crippen molar-refractivity contribution in [3.63, 3.8) is 0 Å². The van der Waals surface area contributed by atoms with Crippen LogP contribution in [0.3, 0.4) is 0 Å². The monoisotopic (exact) mass is 171 g/mol. The van der Waals surface area contributed by atoms with Crippen LogP contribution in [0.15, 0.2) is 53.6 Å². The number of allylic oxidation sites excluding steroid dienone is 6. The lowest BCUT2D eigenvalue weighted by atomic mass is 10.1. The van der Waals surface area contributed by atoms with E-state index in [4.69, 9.17) is 0 Å². The molecule has 0 saturated heterocycles. The van der Waals surface area contributed by atoms with Crippen molar-refractivity contribution in [1.82, 2.24) is 0 Å². The highest BCUT2D eigenvalue weighted by atomic mass is 14.7. The van der Waals surface area contributed by atoms with Gasteiger partial charge in [0.2, 0.25) is 0 Å². The summed E-state index contributed by atoms with van der Waals surface area (Å²) in [6.07, 6.45) is 18.9. The van der Waals surface area contributed by atoms with Crippen molar-refractivity contribution >= 4 is 6.21 Å². The largest absolute Gasteiger partial charge is 0.296 e. The Morgan fingerprint density at radius 1 is 0.923 bits per heavy atom. The summed E-state index contributed by atoms with van der Waals surface area (Å²) in [5.41, 5.74) is 0. The zero-order valence-electron chi connectivity index (χ0n) is 7.51. The van der Waals surface area contributed by atoms with E-state index in [1.807, 2.05) is 6.21 Å². The quantitative estimate of drug-likeness (QED) is 0.579. The molecule has 0 aromatic carbocycles. The normalized spacial score (nSPS) is 21.5. The van der Waals surface area contributed by atoms with E-state index < -0.39 is 0 Å². The van der Waals surface area contributed by atoms with Gasteiger partial charge in [-0.25, -0.2) is 0 Å². The molecule has 0 aromatic rings. The van der Waals surface area contributed by atoms with E-state index in [9.17, 15) is 0 Å². The molecule has 0 atom stereocenters. The first-order chi connectivity index (χ1) is 6.45. The summed E-state index contributed by atoms with van der Waals surface area (Å²) in [5.74, 6) is 0.944. The molecule has 0 aliphatic heterocycles. The highest BCUT2D eigenvalue weighted by Crippen LogP contribution is 2.10. The van der Waals surface area contributed by atoms with E-state index in [1.165, 1.54) is 0 Å². The molecule has 0 heterocycles. The van der Waals surface area contributed by atoms with E-state index in [-0.39, 0.29) is 0 Å². The Morgan fingerprint density at radius 3 is 2.23 bits per heavy atom. The Labute approximate surface area is 78.9 Å². The van der Waals surface area contributed by atoms with Crippen molar-refractivity contribution in [3.05, 3.63) is 48.6 Å². The maximum atomic E-state index is 4.41. The van der Waals surface area contributed by atoms with Gasteiger partial charge in [0.05, 0.1) is 0 Å². The lowest BCUT2D eigenvalue weighted by molar-refractivity contribution is 0.831. The van der Waals surface area contributed by atoms with Crippen molar-refractivity contribution in [2.75, 3.05) is 6.54 Å². The zero-order valence-corrected chi connectivity index (χ0v) is 7.51. The van der Waals surface area contributed by atoms with Gasteiger partial charge in [-0.2, -0.15) is 0 Å². The molecular formula is C12H13N. The fraction of sp³-hybridized carbons (Fsp3) is 0.250. The average molecular weight is 171 g/mol. The van der Waals surface area contributed by atoms with Gasteiger partial charge in [0, 0.05) is 24.6 Å². The topological polar surface area (TPSA) is 12.4 Å². The molecule has 1 nitrogen and oxygen atoms in total. The van der Waals surface area contributed by atoms with Crippen LogP contribution in [0.25, 0.3) is 0 Å². The van der Waals surface area contributed by atoms with Crippen LogP contribution in [-0.2, 0) is 0 Å². The van der Waals surface area contributed by atoms with Crippen LogP contribution in [0.4, 0.5) is 0 Å². The molecule has 66 valence electrons. The summed E-state index contributed by atoms with van der Waals surface area (Å²) in [5, 5.41) is 0. The molecule has 13 heavy (non-hydrogen) atoms. The van der Waals surface area contributed by atoms with Gasteiger partial charge in [0.25, 0.3) is 0 Å². The van der Waals surface area contributed by atoms with Gasteiger partial charge in [-0.05, 0) is 0 Å². The SMILES string of the molecule is C1=CC(C=NCC2C=CC=C2)C=C1. The molecule has 1 heteroatoms. The second kappa shape index (κ2) is 4.04. The van der Waals surface area contributed by atoms with Crippen LogP contribution in [-0.4, -0.2) is 12.8 Å². The van der Waals surface area contributed by atoms with Crippen LogP contribution in [0.1, 0.15) is 0 Å². The number of nitrogens with zero attached hydrogens (tertiary/aromatic N) is 1. The number of hydrogen-bond donors (Lipinski definition) is 0. The molecule has 0 radical (unpaired) electrons. The van der Waals surface area contributed by atoms with E-state index in [2.05, 4.69) is 53.6 Å². The maximum Gasteiger partial charge on any atom is 0.0483 e. The van der Waals surface area contributed by atoms with E-state index in [1.54, 1.807) is 0 Å². The van der Waals surface area contributed by atoms with E-state index >= 15 is 0 Å². The molecule has 0 bridgehead atoms. The smallest absolute Gasteiger partial charge is 0.0483 e. The fourth-order valence-corrected chi connectivity index (χ4v) is 1.45. The Morgan fingerprint density at radius 2 is 1.54 bits per heavy atom. The third-order valence-electron chi connectivity index (χ3n) is 2.20. The van der Waals surface area contributed by atoms with Crippen LogP contribution in [0.2, 0.25) is 0 Å². The summed E-state index contributed by atoms with van der Waals surface area (Å²) in [7, 11) is 0. The fourth-order valence-electron chi connectivity index (χ4n) is 1.45. The Hall–Kier alpha value is -1.37. The minimum absolute atomic E-state index is 0.425. The molecular weight excluding hydrogens is 158 g/mol. The van der Waals surface area contributed by atoms with E-state index in [0.717, 1.165) is 6.54 Å². The van der Waals surface area contributed by atoms with Gasteiger partial charge in [0.15, 0.2) is 0 Å². The number of rotatable bonds is 3. The first-order valence-corrected chi connectivity index (χ1v) is 4.65. The van der Waals surface area contributed by atoms with Crippen LogP contribution in [0, 0.1) is 11.8 Å². The third-order valence-corrected chi connectivity index (χ3v) is 2.20. The van der Waals surface area contributed by atoms with E-state index in [0.29, 0.717) is 11.8 Å². The first kappa shape index (κ1) is 8.24. The molecule has 0 aromatic heterocycles. The molecule has 0 amide bonds. The van der Waals surface area contributed by atoms with Crippen molar-refractivity contribution in [1.29, 1.82) is 0 Å². The summed E-state index contributed by atoms with van der Waals surface area (Å²) in [6, 6.07) is 0. The molecule has 0 N–H and O–H groups in total. The van der Waals surface area contributed by atoms with Gasteiger partial charge >= 0.3 is 0 Å². The summed E-state index contributed by atoms with van der Waals surface area (Å²) >= 11 is 0. The molecule has 2 aliphatic rings. The Kier molecular flexibility index (Phi) is 2.56. The second-order valence-corrected chi connectivity index (χ2v) is 3.30. The number of aliphatic imine (C=N–C) groups is 1. The van der Waals surface area contributed by atoms with Crippen LogP contribution in [0.5, 0.6) is 0 Å².